The second kappa shape index (κ2) is 6.55. The summed E-state index contributed by atoms with van der Waals surface area (Å²) in [5, 5.41) is 0.222. The van der Waals surface area contributed by atoms with E-state index >= 15 is 0 Å². The van der Waals surface area contributed by atoms with E-state index < -0.39 is 10.0 Å². The summed E-state index contributed by atoms with van der Waals surface area (Å²) < 4.78 is 25.3. The lowest BCUT2D eigenvalue weighted by Gasteiger charge is -2.34. The number of sulfonamides is 1. The van der Waals surface area contributed by atoms with Crippen LogP contribution in [0.5, 0.6) is 0 Å². The highest BCUT2D eigenvalue weighted by molar-refractivity contribution is 7.89. The Hall–Kier alpha value is -0.780. The van der Waals surface area contributed by atoms with Crippen molar-refractivity contribution in [3.8, 4) is 0 Å². The third-order valence-corrected chi connectivity index (χ3v) is 6.36. The van der Waals surface area contributed by atoms with Crippen LogP contribution in [0, 0.1) is 5.92 Å². The molecule has 0 radical (unpaired) electrons. The molecule has 0 amide bonds. The Morgan fingerprint density at radius 2 is 1.71 bits per heavy atom. The summed E-state index contributed by atoms with van der Waals surface area (Å²) in [5.41, 5.74) is 1.08. The van der Waals surface area contributed by atoms with Crippen LogP contribution in [0.3, 0.4) is 0 Å². The molecule has 1 atom stereocenters. The summed E-state index contributed by atoms with van der Waals surface area (Å²) in [7, 11) is -0.261. The first-order chi connectivity index (χ1) is 9.82. The van der Waals surface area contributed by atoms with Gasteiger partial charge in [-0.1, -0.05) is 0 Å². The lowest BCUT2D eigenvalue weighted by atomic mass is 9.94. The first-order valence-electron chi connectivity index (χ1n) is 7.24. The van der Waals surface area contributed by atoms with Crippen LogP contribution in [-0.4, -0.2) is 45.3 Å². The third-order valence-electron chi connectivity index (χ3n) is 4.17. The molecule has 0 saturated carbocycles. The van der Waals surface area contributed by atoms with Crippen molar-refractivity contribution in [2.45, 2.75) is 30.0 Å². The number of hydrogen-bond donors (Lipinski definition) is 0. The van der Waals surface area contributed by atoms with Crippen molar-refractivity contribution in [2.24, 2.45) is 5.92 Å². The van der Waals surface area contributed by atoms with Gasteiger partial charge in [-0.15, -0.1) is 11.6 Å². The molecular weight excluding hydrogens is 308 g/mol. The molecular formula is C15H23ClN2O2S. The lowest BCUT2D eigenvalue weighted by molar-refractivity contribution is 0.400. The number of anilines is 1. The maximum Gasteiger partial charge on any atom is 0.242 e. The van der Waals surface area contributed by atoms with Gasteiger partial charge in [-0.3, -0.25) is 0 Å². The van der Waals surface area contributed by atoms with E-state index in [0.717, 1.165) is 31.6 Å². The average molecular weight is 331 g/mol. The molecule has 6 heteroatoms. The molecule has 21 heavy (non-hydrogen) atoms. The predicted octanol–water partition coefficient (Wildman–Crippen LogP) is 2.78. The van der Waals surface area contributed by atoms with Gasteiger partial charge < -0.3 is 4.90 Å². The van der Waals surface area contributed by atoms with E-state index in [0.29, 0.717) is 10.8 Å². The number of piperidine rings is 1. The van der Waals surface area contributed by atoms with Gasteiger partial charge in [0.25, 0.3) is 0 Å². The fourth-order valence-electron chi connectivity index (χ4n) is 2.66. The van der Waals surface area contributed by atoms with Crippen molar-refractivity contribution in [3.63, 3.8) is 0 Å². The van der Waals surface area contributed by atoms with Gasteiger partial charge in [-0.25, -0.2) is 12.7 Å². The molecule has 1 aliphatic heterocycles. The summed E-state index contributed by atoms with van der Waals surface area (Å²) in [6.07, 6.45) is 2.17. The molecule has 1 aromatic carbocycles. The van der Waals surface area contributed by atoms with E-state index in [9.17, 15) is 8.42 Å². The van der Waals surface area contributed by atoms with E-state index in [1.54, 1.807) is 26.2 Å². The molecule has 0 aliphatic carbocycles. The molecule has 2 rings (SSSR count). The van der Waals surface area contributed by atoms with Gasteiger partial charge >= 0.3 is 0 Å². The van der Waals surface area contributed by atoms with Crippen LogP contribution in [0.4, 0.5) is 5.69 Å². The smallest absolute Gasteiger partial charge is 0.242 e. The minimum absolute atomic E-state index is 0.222. The molecule has 1 saturated heterocycles. The van der Waals surface area contributed by atoms with E-state index in [2.05, 4.69) is 11.8 Å². The van der Waals surface area contributed by atoms with Gasteiger partial charge in [-0.2, -0.15) is 0 Å². The minimum Gasteiger partial charge on any atom is -0.372 e. The monoisotopic (exact) mass is 330 g/mol. The summed E-state index contributed by atoms with van der Waals surface area (Å²) in [4.78, 5) is 2.63. The van der Waals surface area contributed by atoms with Crippen molar-refractivity contribution < 1.29 is 8.42 Å². The Balaban J connectivity index is 2.07. The normalized spacial score (nSPS) is 19.0. The summed E-state index contributed by atoms with van der Waals surface area (Å²) in [6.45, 7) is 4.01. The molecule has 0 N–H and O–H groups in total. The zero-order valence-electron chi connectivity index (χ0n) is 12.8. The maximum atomic E-state index is 12.0. The van der Waals surface area contributed by atoms with Crippen molar-refractivity contribution in [1.82, 2.24) is 4.31 Å². The average Bonchev–Trinajstić information content (AvgIpc) is 2.47. The van der Waals surface area contributed by atoms with Crippen molar-refractivity contribution in [2.75, 3.05) is 32.1 Å². The summed E-state index contributed by atoms with van der Waals surface area (Å²) in [6, 6.07) is 7.14. The molecule has 1 fully saturated rings. The molecule has 1 heterocycles. The fraction of sp³-hybridized carbons (Fsp3) is 0.600. The second-order valence-electron chi connectivity index (χ2n) is 5.78. The number of alkyl halides is 1. The van der Waals surface area contributed by atoms with Gasteiger partial charge in [-0.05, 0) is 49.9 Å². The quantitative estimate of drug-likeness (QED) is 0.797. The highest BCUT2D eigenvalue weighted by Gasteiger charge is 2.23. The molecule has 1 aromatic rings. The van der Waals surface area contributed by atoms with E-state index in [1.165, 1.54) is 4.31 Å². The van der Waals surface area contributed by atoms with Crippen LogP contribution in [-0.2, 0) is 10.0 Å². The van der Waals surface area contributed by atoms with Crippen LogP contribution in [0.1, 0.15) is 19.8 Å². The standard InChI is InChI=1S/C15H23ClN2O2S/c1-12(16)13-8-10-18(11-9-13)14-4-6-15(7-5-14)21(19,20)17(2)3/h4-7,12-13H,8-11H2,1-3H3. The highest BCUT2D eigenvalue weighted by atomic mass is 35.5. The van der Waals surface area contributed by atoms with Crippen LogP contribution < -0.4 is 4.90 Å². The Morgan fingerprint density at radius 1 is 1.19 bits per heavy atom. The minimum atomic E-state index is -3.35. The van der Waals surface area contributed by atoms with Gasteiger partial charge in [0.2, 0.25) is 10.0 Å². The zero-order chi connectivity index (χ0) is 15.6. The predicted molar refractivity (Wildman–Crippen MR) is 87.6 cm³/mol. The summed E-state index contributed by atoms with van der Waals surface area (Å²) >= 11 is 6.16. The van der Waals surface area contributed by atoms with E-state index in [1.807, 2.05) is 12.1 Å². The fourth-order valence-corrected chi connectivity index (χ4v) is 3.81. The first kappa shape index (κ1) is 16.6. The largest absolute Gasteiger partial charge is 0.372 e. The van der Waals surface area contributed by atoms with Gasteiger partial charge in [0.1, 0.15) is 0 Å². The van der Waals surface area contributed by atoms with Crippen LogP contribution in [0.15, 0.2) is 29.2 Å². The Morgan fingerprint density at radius 3 is 2.14 bits per heavy atom. The van der Waals surface area contributed by atoms with E-state index in [4.69, 9.17) is 11.6 Å². The Labute approximate surface area is 132 Å². The zero-order valence-corrected chi connectivity index (χ0v) is 14.4. The molecule has 0 spiro atoms. The number of rotatable bonds is 4. The molecule has 1 aliphatic rings. The Kier molecular flexibility index (Phi) is 5.17. The van der Waals surface area contributed by atoms with Crippen molar-refractivity contribution >= 4 is 27.3 Å². The third kappa shape index (κ3) is 3.71. The molecule has 0 aromatic heterocycles. The second-order valence-corrected chi connectivity index (χ2v) is 8.62. The van der Waals surface area contributed by atoms with Crippen LogP contribution in [0.25, 0.3) is 0 Å². The maximum absolute atomic E-state index is 12.0. The van der Waals surface area contributed by atoms with Gasteiger partial charge in [0, 0.05) is 38.2 Å². The lowest BCUT2D eigenvalue weighted by Crippen LogP contribution is -2.35. The Bertz CT molecular complexity index is 562. The molecule has 0 bridgehead atoms. The van der Waals surface area contributed by atoms with Crippen molar-refractivity contribution in [1.29, 1.82) is 0 Å². The number of nitrogens with zero attached hydrogens (tertiary/aromatic N) is 2. The number of benzene rings is 1. The molecule has 1 unspecified atom stereocenters. The van der Waals surface area contributed by atoms with Gasteiger partial charge in [0.05, 0.1) is 4.90 Å². The molecule has 118 valence electrons. The topological polar surface area (TPSA) is 40.6 Å². The van der Waals surface area contributed by atoms with Crippen LogP contribution >= 0.6 is 11.6 Å². The first-order valence-corrected chi connectivity index (χ1v) is 9.11. The number of hydrogen-bond acceptors (Lipinski definition) is 3. The number of halogens is 1. The summed E-state index contributed by atoms with van der Waals surface area (Å²) in [5.74, 6) is 0.580. The van der Waals surface area contributed by atoms with Crippen molar-refractivity contribution in [3.05, 3.63) is 24.3 Å². The highest BCUT2D eigenvalue weighted by Crippen LogP contribution is 2.28. The van der Waals surface area contributed by atoms with E-state index in [-0.39, 0.29) is 5.38 Å². The SMILES string of the molecule is CC(Cl)C1CCN(c2ccc(S(=O)(=O)N(C)C)cc2)CC1. The van der Waals surface area contributed by atoms with Crippen LogP contribution in [0.2, 0.25) is 0 Å². The molecule has 4 nitrogen and oxygen atoms in total. The van der Waals surface area contributed by atoms with Gasteiger partial charge in [0.15, 0.2) is 0 Å².